The lowest BCUT2D eigenvalue weighted by molar-refractivity contribution is -0.121. The van der Waals surface area contributed by atoms with Crippen molar-refractivity contribution in [3.63, 3.8) is 0 Å². The van der Waals surface area contributed by atoms with Crippen molar-refractivity contribution in [3.8, 4) is 0 Å². The topological polar surface area (TPSA) is 62.5 Å². The molecule has 0 saturated carbocycles. The average molecular weight is 287 g/mol. The molecule has 0 aliphatic rings. The quantitative estimate of drug-likeness (QED) is 0.858. The molecule has 2 unspecified atom stereocenters. The molecule has 4 nitrogen and oxygen atoms in total. The zero-order valence-electron chi connectivity index (χ0n) is 12.4. The first-order valence-electron chi connectivity index (χ1n) is 7.11. The maximum atomic E-state index is 12.0. The third-order valence-corrected chi connectivity index (χ3v) is 3.58. The first kappa shape index (κ1) is 15.3. The van der Waals surface area contributed by atoms with Crippen molar-refractivity contribution in [2.24, 2.45) is 0 Å². The summed E-state index contributed by atoms with van der Waals surface area (Å²) in [6, 6.07) is 11.5. The molecule has 2 N–H and O–H groups in total. The summed E-state index contributed by atoms with van der Waals surface area (Å²) in [5.74, 6) is 0.533. The van der Waals surface area contributed by atoms with Gasteiger partial charge in [-0.1, -0.05) is 31.2 Å². The molecular formula is C17H21NO3. The number of amides is 1. The third-order valence-electron chi connectivity index (χ3n) is 3.58. The van der Waals surface area contributed by atoms with Gasteiger partial charge in [-0.3, -0.25) is 4.79 Å². The number of aryl methyl sites for hydroxylation is 1. The van der Waals surface area contributed by atoms with E-state index >= 15 is 0 Å². The minimum atomic E-state index is -0.808. The van der Waals surface area contributed by atoms with E-state index in [0.717, 1.165) is 0 Å². The number of carbonyl (C=O) groups excluding carboxylic acids is 1. The molecule has 2 rings (SSSR count). The molecule has 1 aromatic carbocycles. The number of carbonyl (C=O) groups is 1. The highest BCUT2D eigenvalue weighted by atomic mass is 16.4. The number of rotatable bonds is 6. The zero-order valence-corrected chi connectivity index (χ0v) is 12.4. The van der Waals surface area contributed by atoms with Crippen LogP contribution in [-0.4, -0.2) is 17.6 Å². The van der Waals surface area contributed by atoms with E-state index in [2.05, 4.69) is 5.32 Å². The van der Waals surface area contributed by atoms with Gasteiger partial charge in [0.2, 0.25) is 5.91 Å². The molecule has 0 bridgehead atoms. The van der Waals surface area contributed by atoms with Gasteiger partial charge in [0, 0.05) is 6.42 Å². The highest BCUT2D eigenvalue weighted by molar-refractivity contribution is 5.76. The van der Waals surface area contributed by atoms with Crippen LogP contribution in [0.5, 0.6) is 0 Å². The molecule has 0 saturated heterocycles. The molecule has 0 spiro atoms. The van der Waals surface area contributed by atoms with Gasteiger partial charge in [-0.05, 0) is 36.1 Å². The van der Waals surface area contributed by atoms with Gasteiger partial charge >= 0.3 is 0 Å². The fraction of sp³-hybridized carbons (Fsp3) is 0.353. The largest absolute Gasteiger partial charge is 0.467 e. The summed E-state index contributed by atoms with van der Waals surface area (Å²) in [4.78, 5) is 12.0. The van der Waals surface area contributed by atoms with Gasteiger partial charge in [0.1, 0.15) is 11.9 Å². The molecule has 0 aliphatic heterocycles. The van der Waals surface area contributed by atoms with E-state index in [1.54, 1.807) is 12.1 Å². The second-order valence-electron chi connectivity index (χ2n) is 5.30. The maximum absolute atomic E-state index is 12.0. The average Bonchev–Trinajstić information content (AvgIpc) is 2.99. The smallest absolute Gasteiger partial charge is 0.220 e. The number of furan rings is 1. The van der Waals surface area contributed by atoms with Crippen molar-refractivity contribution >= 4 is 5.91 Å². The maximum Gasteiger partial charge on any atom is 0.220 e. The molecule has 1 aromatic heterocycles. The number of benzene rings is 1. The Labute approximate surface area is 124 Å². The summed E-state index contributed by atoms with van der Waals surface area (Å²) in [5.41, 5.74) is 2.37. The fourth-order valence-corrected chi connectivity index (χ4v) is 2.39. The lowest BCUT2D eigenvalue weighted by atomic mass is 9.93. The molecule has 2 atom stereocenters. The van der Waals surface area contributed by atoms with E-state index < -0.39 is 6.10 Å². The highest BCUT2D eigenvalue weighted by Gasteiger charge is 2.15. The van der Waals surface area contributed by atoms with Gasteiger partial charge in [-0.2, -0.15) is 0 Å². The lowest BCUT2D eigenvalue weighted by Gasteiger charge is -2.15. The Balaban J connectivity index is 1.83. The highest BCUT2D eigenvalue weighted by Crippen LogP contribution is 2.22. The SMILES string of the molecule is Cc1ccccc1C(C)CC(=O)NCC(O)c1ccco1. The first-order valence-corrected chi connectivity index (χ1v) is 7.11. The summed E-state index contributed by atoms with van der Waals surface area (Å²) in [7, 11) is 0. The molecular weight excluding hydrogens is 266 g/mol. The molecule has 1 heterocycles. The van der Waals surface area contributed by atoms with Crippen molar-refractivity contribution in [1.82, 2.24) is 5.32 Å². The van der Waals surface area contributed by atoms with Crippen LogP contribution in [0.1, 0.15) is 42.3 Å². The Bertz CT molecular complexity index is 577. The molecule has 1 amide bonds. The second kappa shape index (κ2) is 7.09. The Kier molecular flexibility index (Phi) is 5.17. The number of hydrogen-bond donors (Lipinski definition) is 2. The van der Waals surface area contributed by atoms with Crippen LogP contribution in [0, 0.1) is 6.92 Å². The Morgan fingerprint density at radius 1 is 1.29 bits per heavy atom. The van der Waals surface area contributed by atoms with Crippen LogP contribution in [0.3, 0.4) is 0 Å². The molecule has 4 heteroatoms. The van der Waals surface area contributed by atoms with E-state index in [1.807, 2.05) is 38.1 Å². The van der Waals surface area contributed by atoms with Gasteiger partial charge in [0.05, 0.1) is 12.8 Å². The van der Waals surface area contributed by atoms with Gasteiger partial charge in [0.25, 0.3) is 0 Å². The summed E-state index contributed by atoms with van der Waals surface area (Å²) in [6.45, 7) is 4.24. The normalized spacial score (nSPS) is 13.7. The Morgan fingerprint density at radius 2 is 2.05 bits per heavy atom. The number of aliphatic hydroxyl groups excluding tert-OH is 1. The van der Waals surface area contributed by atoms with Gasteiger partial charge < -0.3 is 14.8 Å². The van der Waals surface area contributed by atoms with Crippen molar-refractivity contribution in [1.29, 1.82) is 0 Å². The Hall–Kier alpha value is -2.07. The molecule has 112 valence electrons. The zero-order chi connectivity index (χ0) is 15.2. The monoisotopic (exact) mass is 287 g/mol. The fourth-order valence-electron chi connectivity index (χ4n) is 2.39. The van der Waals surface area contributed by atoms with Crippen LogP contribution in [-0.2, 0) is 4.79 Å². The predicted molar refractivity (Wildman–Crippen MR) is 80.9 cm³/mol. The van der Waals surface area contributed by atoms with Crippen LogP contribution in [0.15, 0.2) is 47.1 Å². The molecule has 0 aliphatic carbocycles. The summed E-state index contributed by atoms with van der Waals surface area (Å²) < 4.78 is 5.09. The van der Waals surface area contributed by atoms with Crippen molar-refractivity contribution in [2.75, 3.05) is 6.54 Å². The van der Waals surface area contributed by atoms with Crippen LogP contribution < -0.4 is 5.32 Å². The first-order chi connectivity index (χ1) is 10.1. The lowest BCUT2D eigenvalue weighted by Crippen LogP contribution is -2.29. The number of aliphatic hydroxyl groups is 1. The van der Waals surface area contributed by atoms with Crippen LogP contribution in [0.4, 0.5) is 0 Å². The van der Waals surface area contributed by atoms with Crippen LogP contribution in [0.2, 0.25) is 0 Å². The summed E-state index contributed by atoms with van der Waals surface area (Å²) in [6.07, 6.45) is 1.09. The van der Waals surface area contributed by atoms with E-state index in [1.165, 1.54) is 17.4 Å². The van der Waals surface area contributed by atoms with E-state index in [9.17, 15) is 9.90 Å². The molecule has 21 heavy (non-hydrogen) atoms. The van der Waals surface area contributed by atoms with E-state index in [-0.39, 0.29) is 18.4 Å². The minimum Gasteiger partial charge on any atom is -0.467 e. The third kappa shape index (κ3) is 4.20. The number of hydrogen-bond acceptors (Lipinski definition) is 3. The van der Waals surface area contributed by atoms with Crippen LogP contribution >= 0.6 is 0 Å². The number of nitrogens with one attached hydrogen (secondary N) is 1. The minimum absolute atomic E-state index is 0.0728. The van der Waals surface area contributed by atoms with E-state index in [4.69, 9.17) is 4.42 Å². The Morgan fingerprint density at radius 3 is 2.71 bits per heavy atom. The molecule has 2 aromatic rings. The van der Waals surface area contributed by atoms with Gasteiger partial charge in [-0.25, -0.2) is 0 Å². The summed E-state index contributed by atoms with van der Waals surface area (Å²) >= 11 is 0. The molecule has 0 fully saturated rings. The van der Waals surface area contributed by atoms with Crippen LogP contribution in [0.25, 0.3) is 0 Å². The standard InChI is InChI=1S/C17H21NO3/c1-12-6-3-4-7-14(12)13(2)10-17(20)18-11-15(19)16-8-5-9-21-16/h3-9,13,15,19H,10-11H2,1-2H3,(H,18,20). The van der Waals surface area contributed by atoms with Gasteiger partial charge in [0.15, 0.2) is 0 Å². The summed E-state index contributed by atoms with van der Waals surface area (Å²) in [5, 5.41) is 12.6. The van der Waals surface area contributed by atoms with Crippen molar-refractivity contribution in [2.45, 2.75) is 32.3 Å². The molecule has 0 radical (unpaired) electrons. The van der Waals surface area contributed by atoms with E-state index in [0.29, 0.717) is 12.2 Å². The van der Waals surface area contributed by atoms with Crippen molar-refractivity contribution in [3.05, 3.63) is 59.5 Å². The van der Waals surface area contributed by atoms with Gasteiger partial charge in [-0.15, -0.1) is 0 Å². The predicted octanol–water partition coefficient (Wildman–Crippen LogP) is 2.93. The second-order valence-corrected chi connectivity index (χ2v) is 5.30. The van der Waals surface area contributed by atoms with Crippen molar-refractivity contribution < 1.29 is 14.3 Å².